The highest BCUT2D eigenvalue weighted by Gasteiger charge is 2.45. The minimum absolute atomic E-state index is 0.607. The number of para-hydroxylation sites is 1. The molecule has 0 atom stereocenters. The monoisotopic (exact) mass is 717 g/mol. The molecule has 4 nitrogen and oxygen atoms in total. The number of aromatic nitrogens is 3. The van der Waals surface area contributed by atoms with E-state index >= 15 is 0 Å². The molecule has 0 radical (unpaired) electrons. The number of hydrogen-bond acceptors (Lipinski definition) is 4. The van der Waals surface area contributed by atoms with E-state index in [-0.39, 0.29) is 0 Å². The molecule has 0 saturated heterocycles. The molecule has 0 bridgehead atoms. The number of ether oxygens (including phenoxy) is 1. The Hall–Kier alpha value is -7.43. The van der Waals surface area contributed by atoms with Gasteiger partial charge in [-0.25, -0.2) is 15.0 Å². The van der Waals surface area contributed by atoms with Crippen molar-refractivity contribution in [2.24, 2.45) is 0 Å². The van der Waals surface area contributed by atoms with Crippen LogP contribution < -0.4 is 4.74 Å². The molecule has 2 heterocycles. The quantitative estimate of drug-likeness (QED) is 0.165. The Balaban J connectivity index is 1.11. The SMILES string of the molecule is c1ccc(-c2ccc(-c3nc(-c4ccccc4)nc(-c4cccc(-c5ccc6c(c5)C(c5ccccc5)(c5ccccc5)c5ccccc5O6)c4)n3)cc2)cc1. The third-order valence-electron chi connectivity index (χ3n) is 10.7. The van der Waals surface area contributed by atoms with E-state index in [0.29, 0.717) is 17.5 Å². The normalized spacial score (nSPS) is 12.6. The maximum Gasteiger partial charge on any atom is 0.164 e. The summed E-state index contributed by atoms with van der Waals surface area (Å²) in [5.41, 5.74) is 11.1. The predicted molar refractivity (Wildman–Crippen MR) is 225 cm³/mol. The molecule has 0 aliphatic carbocycles. The average molecular weight is 718 g/mol. The fourth-order valence-corrected chi connectivity index (χ4v) is 8.02. The third-order valence-corrected chi connectivity index (χ3v) is 10.7. The second kappa shape index (κ2) is 14.1. The lowest BCUT2D eigenvalue weighted by molar-refractivity contribution is 0.434. The van der Waals surface area contributed by atoms with Gasteiger partial charge in [-0.1, -0.05) is 188 Å². The average Bonchev–Trinajstić information content (AvgIpc) is 3.29. The molecule has 4 heteroatoms. The van der Waals surface area contributed by atoms with Gasteiger partial charge in [0.05, 0.1) is 5.41 Å². The number of rotatable bonds is 7. The summed E-state index contributed by atoms with van der Waals surface area (Å²) < 4.78 is 6.68. The maximum atomic E-state index is 6.68. The fraction of sp³-hybridized carbons (Fsp3) is 0.0192. The van der Waals surface area contributed by atoms with Crippen molar-refractivity contribution in [3.05, 3.63) is 235 Å². The number of hydrogen-bond donors (Lipinski definition) is 0. The van der Waals surface area contributed by atoms with Crippen molar-refractivity contribution in [3.63, 3.8) is 0 Å². The predicted octanol–water partition coefficient (Wildman–Crippen LogP) is 12.7. The summed E-state index contributed by atoms with van der Waals surface area (Å²) in [6, 6.07) is 73.9. The van der Waals surface area contributed by atoms with Crippen molar-refractivity contribution in [1.82, 2.24) is 15.0 Å². The zero-order valence-electron chi connectivity index (χ0n) is 30.5. The van der Waals surface area contributed by atoms with Gasteiger partial charge in [-0.2, -0.15) is 0 Å². The molecule has 1 aromatic heterocycles. The summed E-state index contributed by atoms with van der Waals surface area (Å²) in [6.45, 7) is 0. The number of benzene rings is 8. The van der Waals surface area contributed by atoms with Crippen LogP contribution in [-0.4, -0.2) is 15.0 Å². The van der Waals surface area contributed by atoms with Crippen molar-refractivity contribution in [2.75, 3.05) is 0 Å². The van der Waals surface area contributed by atoms with E-state index in [9.17, 15) is 0 Å². The van der Waals surface area contributed by atoms with E-state index in [2.05, 4.69) is 170 Å². The molecule has 1 aliphatic heterocycles. The zero-order valence-corrected chi connectivity index (χ0v) is 30.5. The fourth-order valence-electron chi connectivity index (χ4n) is 8.02. The van der Waals surface area contributed by atoms with Crippen LogP contribution in [-0.2, 0) is 5.41 Å². The highest BCUT2D eigenvalue weighted by Crippen LogP contribution is 2.55. The minimum atomic E-state index is -0.607. The molecule has 0 fully saturated rings. The third kappa shape index (κ3) is 5.85. The van der Waals surface area contributed by atoms with Crippen LogP contribution in [0.25, 0.3) is 56.4 Å². The van der Waals surface area contributed by atoms with Crippen LogP contribution in [0.2, 0.25) is 0 Å². The van der Waals surface area contributed by atoms with E-state index in [0.717, 1.165) is 56.0 Å². The van der Waals surface area contributed by atoms with Gasteiger partial charge in [-0.05, 0) is 57.6 Å². The second-order valence-corrected chi connectivity index (χ2v) is 14.0. The molecule has 0 unspecified atom stereocenters. The van der Waals surface area contributed by atoms with Gasteiger partial charge in [0.1, 0.15) is 11.5 Å². The molecule has 0 N–H and O–H groups in total. The van der Waals surface area contributed by atoms with Crippen LogP contribution in [0, 0.1) is 0 Å². The van der Waals surface area contributed by atoms with E-state index in [1.807, 2.05) is 42.5 Å². The van der Waals surface area contributed by atoms with Crippen molar-refractivity contribution in [3.8, 4) is 67.9 Å². The Bertz CT molecular complexity index is 2770. The Kier molecular flexibility index (Phi) is 8.34. The molecule has 9 aromatic rings. The van der Waals surface area contributed by atoms with Crippen LogP contribution in [0.5, 0.6) is 11.5 Å². The lowest BCUT2D eigenvalue weighted by Crippen LogP contribution is -2.34. The van der Waals surface area contributed by atoms with Gasteiger partial charge in [-0.3, -0.25) is 0 Å². The smallest absolute Gasteiger partial charge is 0.164 e. The lowest BCUT2D eigenvalue weighted by Gasteiger charge is -2.41. The Morgan fingerprint density at radius 1 is 0.286 bits per heavy atom. The topological polar surface area (TPSA) is 47.9 Å². The Labute approximate surface area is 326 Å². The van der Waals surface area contributed by atoms with Gasteiger partial charge >= 0.3 is 0 Å². The van der Waals surface area contributed by atoms with Crippen molar-refractivity contribution in [2.45, 2.75) is 5.41 Å². The van der Waals surface area contributed by atoms with Gasteiger partial charge in [0, 0.05) is 27.8 Å². The summed E-state index contributed by atoms with van der Waals surface area (Å²) >= 11 is 0. The van der Waals surface area contributed by atoms with Crippen molar-refractivity contribution in [1.29, 1.82) is 0 Å². The second-order valence-electron chi connectivity index (χ2n) is 14.0. The van der Waals surface area contributed by atoms with Crippen molar-refractivity contribution >= 4 is 0 Å². The summed E-state index contributed by atoms with van der Waals surface area (Å²) in [7, 11) is 0. The first kappa shape index (κ1) is 33.2. The molecule has 8 aromatic carbocycles. The summed E-state index contributed by atoms with van der Waals surface area (Å²) in [6.07, 6.45) is 0. The molecular formula is C52H35N3O. The van der Waals surface area contributed by atoms with Crippen LogP contribution in [0.1, 0.15) is 22.3 Å². The molecule has 56 heavy (non-hydrogen) atoms. The molecule has 1 aliphatic rings. The van der Waals surface area contributed by atoms with E-state index < -0.39 is 5.41 Å². The molecular weight excluding hydrogens is 683 g/mol. The maximum absolute atomic E-state index is 6.68. The van der Waals surface area contributed by atoms with Gasteiger partial charge in [0.2, 0.25) is 0 Å². The summed E-state index contributed by atoms with van der Waals surface area (Å²) in [5, 5.41) is 0. The first-order chi connectivity index (χ1) is 27.7. The van der Waals surface area contributed by atoms with Gasteiger partial charge in [-0.15, -0.1) is 0 Å². The number of nitrogens with zero attached hydrogens (tertiary/aromatic N) is 3. The largest absolute Gasteiger partial charge is 0.457 e. The zero-order chi connectivity index (χ0) is 37.3. The first-order valence-corrected chi connectivity index (χ1v) is 18.9. The summed E-state index contributed by atoms with van der Waals surface area (Å²) in [4.78, 5) is 15.1. The first-order valence-electron chi connectivity index (χ1n) is 18.9. The Morgan fingerprint density at radius 3 is 1.34 bits per heavy atom. The van der Waals surface area contributed by atoms with Crippen molar-refractivity contribution < 1.29 is 4.74 Å². The van der Waals surface area contributed by atoms with Gasteiger partial charge in [0.25, 0.3) is 0 Å². The molecule has 0 amide bonds. The van der Waals surface area contributed by atoms with Crippen LogP contribution in [0.4, 0.5) is 0 Å². The highest BCUT2D eigenvalue weighted by atomic mass is 16.5. The van der Waals surface area contributed by atoms with E-state index in [1.165, 1.54) is 16.7 Å². The van der Waals surface area contributed by atoms with Gasteiger partial charge < -0.3 is 4.74 Å². The molecule has 0 spiro atoms. The molecule has 0 saturated carbocycles. The standard InChI is InChI=1S/C52H35N3O/c1-5-16-36(17-6-1)37-28-30-39(31-29-37)50-53-49(38-18-7-2-8-19-38)54-51(55-50)42-21-15-20-40(34-42)41-32-33-48-46(35-41)52(43-22-9-3-10-23-43,44-24-11-4-12-25-44)45-26-13-14-27-47(45)56-48/h1-35H. The van der Waals surface area contributed by atoms with E-state index in [4.69, 9.17) is 19.7 Å². The van der Waals surface area contributed by atoms with Crippen LogP contribution >= 0.6 is 0 Å². The molecule has 264 valence electrons. The lowest BCUT2D eigenvalue weighted by atomic mass is 9.63. The Morgan fingerprint density at radius 2 is 0.696 bits per heavy atom. The summed E-state index contributed by atoms with van der Waals surface area (Å²) in [5.74, 6) is 3.56. The highest BCUT2D eigenvalue weighted by molar-refractivity contribution is 5.77. The van der Waals surface area contributed by atoms with Crippen LogP contribution in [0.3, 0.4) is 0 Å². The molecule has 10 rings (SSSR count). The minimum Gasteiger partial charge on any atom is -0.457 e. The number of fused-ring (bicyclic) bond motifs is 2. The van der Waals surface area contributed by atoms with E-state index in [1.54, 1.807) is 0 Å². The van der Waals surface area contributed by atoms with Crippen LogP contribution in [0.15, 0.2) is 212 Å². The van der Waals surface area contributed by atoms with Gasteiger partial charge in [0.15, 0.2) is 17.5 Å².